The van der Waals surface area contributed by atoms with Crippen LogP contribution >= 0.6 is 0 Å². The highest BCUT2D eigenvalue weighted by atomic mass is 32.2. The fraction of sp³-hybridized carbons (Fsp3) is 0.480. The number of ether oxygens (including phenoxy) is 1. The first-order chi connectivity index (χ1) is 16.4. The van der Waals surface area contributed by atoms with E-state index in [0.29, 0.717) is 30.8 Å². The second-order valence-electron chi connectivity index (χ2n) is 10.3. The Bertz CT molecular complexity index is 1290. The molecule has 188 valence electrons. The number of fused-ring (bicyclic) bond motifs is 2. The summed E-state index contributed by atoms with van der Waals surface area (Å²) in [5, 5.41) is 1.75. The SMILES string of the molecule is C[C@@H]1C[C@H]2CC3(CO3)CC1C2S(=O)(=O)c1cc(C(=O)Nc2cc(F)c(F)c(F)c2)ccc1N(C)C. The molecule has 2 aliphatic carbocycles. The van der Waals surface area contributed by atoms with Gasteiger partial charge in [-0.05, 0) is 55.2 Å². The minimum atomic E-state index is -3.82. The number of amides is 1. The third-order valence-corrected chi connectivity index (χ3v) is 10.1. The summed E-state index contributed by atoms with van der Waals surface area (Å²) in [5.41, 5.74) is 0.0205. The van der Waals surface area contributed by atoms with Gasteiger partial charge in [-0.3, -0.25) is 4.79 Å². The summed E-state index contributed by atoms with van der Waals surface area (Å²) in [6.45, 7) is 2.77. The van der Waals surface area contributed by atoms with Gasteiger partial charge in [0.15, 0.2) is 27.3 Å². The predicted octanol–water partition coefficient (Wildman–Crippen LogP) is 4.40. The average Bonchev–Trinajstić information content (AvgIpc) is 3.49. The summed E-state index contributed by atoms with van der Waals surface area (Å²) in [6, 6.07) is 5.65. The highest BCUT2D eigenvalue weighted by molar-refractivity contribution is 7.92. The zero-order valence-electron chi connectivity index (χ0n) is 19.6. The maximum Gasteiger partial charge on any atom is 0.255 e. The Morgan fingerprint density at radius 2 is 1.77 bits per heavy atom. The number of nitrogens with one attached hydrogen (secondary N) is 1. The van der Waals surface area contributed by atoms with E-state index in [-0.39, 0.29) is 39.5 Å². The van der Waals surface area contributed by atoms with E-state index in [1.54, 1.807) is 25.1 Å². The molecule has 1 heterocycles. The van der Waals surface area contributed by atoms with Gasteiger partial charge < -0.3 is 15.0 Å². The molecule has 5 atom stereocenters. The van der Waals surface area contributed by atoms with Crippen molar-refractivity contribution in [2.24, 2.45) is 17.8 Å². The van der Waals surface area contributed by atoms with Crippen LogP contribution in [0.3, 0.4) is 0 Å². The molecule has 2 bridgehead atoms. The van der Waals surface area contributed by atoms with Gasteiger partial charge in [-0.25, -0.2) is 21.6 Å². The minimum absolute atomic E-state index is 0.0116. The highest BCUT2D eigenvalue weighted by Crippen LogP contribution is 2.58. The van der Waals surface area contributed by atoms with E-state index in [2.05, 4.69) is 12.2 Å². The van der Waals surface area contributed by atoms with Crippen LogP contribution in [0.2, 0.25) is 0 Å². The van der Waals surface area contributed by atoms with Crippen LogP contribution in [0.5, 0.6) is 0 Å². The number of anilines is 2. The molecule has 2 aromatic rings. The first-order valence-electron chi connectivity index (χ1n) is 11.6. The lowest BCUT2D eigenvalue weighted by Gasteiger charge is -2.35. The minimum Gasteiger partial charge on any atom is -0.377 e. The van der Waals surface area contributed by atoms with Crippen molar-refractivity contribution in [3.63, 3.8) is 0 Å². The van der Waals surface area contributed by atoms with Gasteiger partial charge in [0.05, 0.1) is 28.0 Å². The van der Waals surface area contributed by atoms with E-state index >= 15 is 0 Å². The quantitative estimate of drug-likeness (QED) is 0.479. The van der Waals surface area contributed by atoms with Crippen molar-refractivity contribution in [2.75, 3.05) is 30.9 Å². The summed E-state index contributed by atoms with van der Waals surface area (Å²) < 4.78 is 74.2. The van der Waals surface area contributed by atoms with Gasteiger partial charge in [-0.2, -0.15) is 0 Å². The molecule has 0 radical (unpaired) electrons. The molecule has 1 spiro atoms. The summed E-state index contributed by atoms with van der Waals surface area (Å²) in [5.74, 6) is -5.07. The molecule has 1 amide bonds. The third-order valence-electron chi connectivity index (χ3n) is 7.70. The Morgan fingerprint density at radius 1 is 1.11 bits per heavy atom. The largest absolute Gasteiger partial charge is 0.377 e. The van der Waals surface area contributed by atoms with E-state index in [1.165, 1.54) is 12.1 Å². The molecule has 3 aliphatic rings. The lowest BCUT2D eigenvalue weighted by molar-refractivity contribution is 0.102. The molecule has 1 aliphatic heterocycles. The van der Waals surface area contributed by atoms with Crippen molar-refractivity contribution >= 4 is 27.1 Å². The molecule has 2 saturated carbocycles. The van der Waals surface area contributed by atoms with Crippen molar-refractivity contribution in [1.82, 2.24) is 0 Å². The van der Waals surface area contributed by atoms with Crippen LogP contribution in [0, 0.1) is 35.2 Å². The van der Waals surface area contributed by atoms with Crippen LogP contribution in [0.4, 0.5) is 24.5 Å². The maximum atomic E-state index is 14.1. The van der Waals surface area contributed by atoms with Crippen molar-refractivity contribution in [1.29, 1.82) is 0 Å². The second-order valence-corrected chi connectivity index (χ2v) is 12.4. The van der Waals surface area contributed by atoms with E-state index in [1.807, 2.05) is 0 Å². The molecular formula is C25H27F3N2O4S. The monoisotopic (exact) mass is 508 g/mol. The van der Waals surface area contributed by atoms with Crippen LogP contribution in [0.25, 0.3) is 0 Å². The van der Waals surface area contributed by atoms with Gasteiger partial charge in [0.25, 0.3) is 5.91 Å². The lowest BCUT2D eigenvalue weighted by atomic mass is 9.79. The van der Waals surface area contributed by atoms with Crippen molar-refractivity contribution < 1.29 is 31.1 Å². The zero-order valence-corrected chi connectivity index (χ0v) is 20.5. The number of epoxide rings is 1. The molecule has 3 unspecified atom stereocenters. The number of rotatable bonds is 5. The number of nitrogens with zero attached hydrogens (tertiary/aromatic N) is 1. The Morgan fingerprint density at radius 3 is 2.34 bits per heavy atom. The number of halogens is 3. The van der Waals surface area contributed by atoms with Crippen molar-refractivity contribution in [3.05, 3.63) is 53.3 Å². The van der Waals surface area contributed by atoms with Gasteiger partial charge >= 0.3 is 0 Å². The number of sulfone groups is 1. The van der Waals surface area contributed by atoms with E-state index in [4.69, 9.17) is 4.74 Å². The Labute approximate surface area is 202 Å². The number of hydrogen-bond acceptors (Lipinski definition) is 5. The highest BCUT2D eigenvalue weighted by Gasteiger charge is 2.62. The molecule has 10 heteroatoms. The molecule has 5 rings (SSSR count). The van der Waals surface area contributed by atoms with Crippen molar-refractivity contribution in [2.45, 2.75) is 41.9 Å². The first-order valence-corrected chi connectivity index (χ1v) is 13.1. The third kappa shape index (κ3) is 4.10. The number of hydrogen-bond donors (Lipinski definition) is 1. The van der Waals surface area contributed by atoms with Gasteiger partial charge in [-0.1, -0.05) is 6.92 Å². The van der Waals surface area contributed by atoms with E-state index in [0.717, 1.165) is 12.8 Å². The number of benzene rings is 2. The van der Waals surface area contributed by atoms with E-state index < -0.39 is 38.4 Å². The Hall–Kier alpha value is -2.59. The number of carbonyl (C=O) groups is 1. The van der Waals surface area contributed by atoms with Gasteiger partial charge in [0, 0.05) is 37.5 Å². The van der Waals surface area contributed by atoms with Gasteiger partial charge in [0.1, 0.15) is 0 Å². The molecule has 3 fully saturated rings. The molecular weight excluding hydrogens is 481 g/mol. The van der Waals surface area contributed by atoms with Crippen LogP contribution in [-0.2, 0) is 14.6 Å². The Kier molecular flexibility index (Phi) is 5.67. The fourth-order valence-corrected chi connectivity index (χ4v) is 8.68. The maximum absolute atomic E-state index is 14.1. The van der Waals surface area contributed by atoms with Crippen LogP contribution in [-0.4, -0.2) is 45.9 Å². The van der Waals surface area contributed by atoms with Gasteiger partial charge in [0.2, 0.25) is 0 Å². The normalized spacial score (nSPS) is 29.3. The van der Waals surface area contributed by atoms with Crippen LogP contribution in [0.15, 0.2) is 35.2 Å². The lowest BCUT2D eigenvalue weighted by Crippen LogP contribution is -2.41. The predicted molar refractivity (Wildman–Crippen MR) is 125 cm³/mol. The van der Waals surface area contributed by atoms with E-state index in [9.17, 15) is 26.4 Å². The molecule has 2 aromatic carbocycles. The van der Waals surface area contributed by atoms with Crippen LogP contribution < -0.4 is 10.2 Å². The summed E-state index contributed by atoms with van der Waals surface area (Å²) in [7, 11) is -0.373. The van der Waals surface area contributed by atoms with Gasteiger partial charge in [-0.15, -0.1) is 0 Å². The molecule has 1 N–H and O–H groups in total. The standard InChI is InChI=1S/C25H27F3N2O4S/c1-13-6-15-10-25(12-34-25)11-17(13)23(15)35(32,33)21-7-14(4-5-20(21)30(2)3)24(31)29-16-8-18(26)22(28)19(27)9-16/h4-5,7-9,13,15,17,23H,6,10-12H2,1-3H3,(H,29,31)/t13-,15+,17?,23?,25?/m1/s1. The second kappa shape index (κ2) is 8.23. The smallest absolute Gasteiger partial charge is 0.255 e. The molecule has 6 nitrogen and oxygen atoms in total. The zero-order chi connectivity index (χ0) is 25.3. The summed E-state index contributed by atoms with van der Waals surface area (Å²) in [6.07, 6.45) is 2.25. The summed E-state index contributed by atoms with van der Waals surface area (Å²) in [4.78, 5) is 14.6. The Balaban J connectivity index is 1.50. The number of carbonyl (C=O) groups excluding carboxylic acids is 1. The van der Waals surface area contributed by atoms with Crippen LogP contribution in [0.1, 0.15) is 36.5 Å². The first kappa shape index (κ1) is 24.1. The molecule has 35 heavy (non-hydrogen) atoms. The fourth-order valence-electron chi connectivity index (χ4n) is 6.02. The summed E-state index contributed by atoms with van der Waals surface area (Å²) >= 11 is 0. The topological polar surface area (TPSA) is 79.0 Å². The van der Waals surface area contributed by atoms with Crippen molar-refractivity contribution in [3.8, 4) is 0 Å². The molecule has 1 saturated heterocycles. The molecule has 0 aromatic heterocycles. The average molecular weight is 509 g/mol.